The number of likely N-dealkylation sites (tertiary alicyclic amines) is 1. The van der Waals surface area contributed by atoms with Gasteiger partial charge in [-0.2, -0.15) is 13.2 Å². The van der Waals surface area contributed by atoms with Crippen molar-refractivity contribution in [1.29, 1.82) is 0 Å². The number of carbonyl (C=O) groups is 3. The van der Waals surface area contributed by atoms with Crippen molar-refractivity contribution < 1.29 is 32.7 Å². The number of rotatable bonds is 3. The van der Waals surface area contributed by atoms with Crippen LogP contribution in [0, 0.1) is 5.92 Å². The molecule has 3 rings (SSSR count). The lowest BCUT2D eigenvalue weighted by Crippen LogP contribution is -2.33. The number of nitrogen functional groups attached to an aromatic ring is 1. The molecule has 1 fully saturated rings. The maximum atomic E-state index is 12.1. The summed E-state index contributed by atoms with van der Waals surface area (Å²) in [7, 11) is 0. The zero-order valence-corrected chi connectivity index (χ0v) is 14.4. The van der Waals surface area contributed by atoms with E-state index in [0.717, 1.165) is 16.5 Å². The molecule has 2 aromatic rings. The number of carboxylic acid groups (broad SMARTS) is 1. The van der Waals surface area contributed by atoms with E-state index in [9.17, 15) is 22.8 Å². The quantitative estimate of drug-likeness (QED) is 0.666. The van der Waals surface area contributed by atoms with Gasteiger partial charge >= 0.3 is 12.1 Å². The second-order valence-corrected chi connectivity index (χ2v) is 6.03. The highest BCUT2D eigenvalue weighted by molar-refractivity contribution is 6.01. The fourth-order valence-corrected chi connectivity index (χ4v) is 2.74. The minimum atomic E-state index is -5.08. The molecule has 2 heterocycles. The molecule has 0 radical (unpaired) electrons. The van der Waals surface area contributed by atoms with Crippen LogP contribution in [0.2, 0.25) is 0 Å². The summed E-state index contributed by atoms with van der Waals surface area (Å²) in [6.07, 6.45) is -4.59. The number of aliphatic carboxylic acids is 1. The number of carbonyl (C=O) groups excluding carboxylic acids is 2. The highest BCUT2D eigenvalue weighted by atomic mass is 19.4. The van der Waals surface area contributed by atoms with Crippen LogP contribution < -0.4 is 11.5 Å². The Hall–Kier alpha value is -3.37. The number of halogens is 3. The Bertz CT molecular complexity index is 917. The number of aromatic nitrogens is 1. The van der Waals surface area contributed by atoms with Gasteiger partial charge in [-0.3, -0.25) is 9.59 Å². The Kier molecular flexibility index (Phi) is 6.06. The standard InChI is InChI=1S/C15H16N4O2.C2HF3O2/c16-13-5-4-10-9(2-1-3-12(10)18-13)8-19-7-6-11(14(17)20)15(19)21;3-2(4,5)1(6)7/h1-5,11H,6-8H2,(H2,16,18)(H2,17,20);(H,6,7)/t11-;/m0./s1. The van der Waals surface area contributed by atoms with E-state index in [1.54, 1.807) is 11.0 Å². The molecular formula is C17H17F3N4O4. The number of hydrogen-bond acceptors (Lipinski definition) is 5. The van der Waals surface area contributed by atoms with Crippen LogP contribution in [0.15, 0.2) is 30.3 Å². The maximum Gasteiger partial charge on any atom is 0.490 e. The maximum absolute atomic E-state index is 12.1. The molecule has 1 aliphatic rings. The third-order valence-corrected chi connectivity index (χ3v) is 4.09. The molecule has 0 aliphatic carbocycles. The van der Waals surface area contributed by atoms with Gasteiger partial charge in [0, 0.05) is 18.5 Å². The van der Waals surface area contributed by atoms with Gasteiger partial charge in [-0.1, -0.05) is 12.1 Å². The molecule has 11 heteroatoms. The van der Waals surface area contributed by atoms with Crippen molar-refractivity contribution in [1.82, 2.24) is 9.88 Å². The average molecular weight is 398 g/mol. The number of fused-ring (bicyclic) bond motifs is 1. The number of amides is 2. The lowest BCUT2D eigenvalue weighted by atomic mass is 10.1. The predicted molar refractivity (Wildman–Crippen MR) is 92.6 cm³/mol. The van der Waals surface area contributed by atoms with Crippen LogP contribution in [0.3, 0.4) is 0 Å². The van der Waals surface area contributed by atoms with E-state index >= 15 is 0 Å². The molecule has 0 bridgehead atoms. The van der Waals surface area contributed by atoms with Crippen molar-refractivity contribution in [2.45, 2.75) is 19.1 Å². The fraction of sp³-hybridized carbons (Fsp3) is 0.294. The van der Waals surface area contributed by atoms with Gasteiger partial charge in [0.15, 0.2) is 0 Å². The zero-order chi connectivity index (χ0) is 21.1. The lowest BCUT2D eigenvalue weighted by Gasteiger charge is -2.17. The summed E-state index contributed by atoms with van der Waals surface area (Å²) in [5.41, 5.74) is 12.7. The summed E-state index contributed by atoms with van der Waals surface area (Å²) in [6.45, 7) is 0.997. The second kappa shape index (κ2) is 8.11. The number of primary amides is 1. The summed E-state index contributed by atoms with van der Waals surface area (Å²) in [5.74, 6) is -3.72. The first-order chi connectivity index (χ1) is 13.0. The topological polar surface area (TPSA) is 140 Å². The van der Waals surface area contributed by atoms with Gasteiger partial charge in [0.2, 0.25) is 11.8 Å². The van der Waals surface area contributed by atoms with Crippen molar-refractivity contribution in [3.63, 3.8) is 0 Å². The van der Waals surface area contributed by atoms with Crippen LogP contribution in [0.5, 0.6) is 0 Å². The van der Waals surface area contributed by atoms with E-state index < -0.39 is 24.0 Å². The number of pyridine rings is 1. The molecule has 1 atom stereocenters. The molecule has 1 aromatic heterocycles. The Morgan fingerprint density at radius 3 is 2.43 bits per heavy atom. The molecule has 28 heavy (non-hydrogen) atoms. The fourth-order valence-electron chi connectivity index (χ4n) is 2.74. The van der Waals surface area contributed by atoms with Crippen molar-refractivity contribution in [2.75, 3.05) is 12.3 Å². The summed E-state index contributed by atoms with van der Waals surface area (Å²) < 4.78 is 31.7. The predicted octanol–water partition coefficient (Wildman–Crippen LogP) is 1.28. The van der Waals surface area contributed by atoms with Gasteiger partial charge in [0.05, 0.1) is 5.52 Å². The molecular weight excluding hydrogens is 381 g/mol. The van der Waals surface area contributed by atoms with Crippen molar-refractivity contribution >= 4 is 34.5 Å². The summed E-state index contributed by atoms with van der Waals surface area (Å²) in [4.78, 5) is 38.2. The molecule has 0 saturated carbocycles. The summed E-state index contributed by atoms with van der Waals surface area (Å²) in [5, 5.41) is 8.09. The SMILES string of the molecule is NC(=O)[C@@H]1CCN(Cc2cccc3nc(N)ccc23)C1=O.O=C(O)C(F)(F)F. The first-order valence-electron chi connectivity index (χ1n) is 8.03. The Morgan fingerprint density at radius 2 is 1.89 bits per heavy atom. The molecule has 2 amide bonds. The van der Waals surface area contributed by atoms with E-state index in [-0.39, 0.29) is 5.91 Å². The van der Waals surface area contributed by atoms with Gasteiger partial charge in [-0.25, -0.2) is 9.78 Å². The molecule has 8 nitrogen and oxygen atoms in total. The van der Waals surface area contributed by atoms with Crippen molar-refractivity contribution in [2.24, 2.45) is 11.7 Å². The minimum absolute atomic E-state index is 0.192. The van der Waals surface area contributed by atoms with E-state index in [2.05, 4.69) is 4.98 Å². The minimum Gasteiger partial charge on any atom is -0.475 e. The monoisotopic (exact) mass is 398 g/mol. The second-order valence-electron chi connectivity index (χ2n) is 6.03. The smallest absolute Gasteiger partial charge is 0.475 e. The third kappa shape index (κ3) is 4.87. The highest BCUT2D eigenvalue weighted by Gasteiger charge is 2.38. The van der Waals surface area contributed by atoms with E-state index in [4.69, 9.17) is 21.4 Å². The van der Waals surface area contributed by atoms with Gasteiger partial charge in [0.25, 0.3) is 0 Å². The van der Waals surface area contributed by atoms with Crippen LogP contribution in [0.4, 0.5) is 19.0 Å². The van der Waals surface area contributed by atoms with Gasteiger partial charge in [-0.05, 0) is 30.2 Å². The van der Waals surface area contributed by atoms with Crippen LogP contribution >= 0.6 is 0 Å². The van der Waals surface area contributed by atoms with E-state index in [1.807, 2.05) is 24.3 Å². The zero-order valence-electron chi connectivity index (χ0n) is 14.4. The number of anilines is 1. The molecule has 1 aliphatic heterocycles. The number of nitrogens with two attached hydrogens (primary N) is 2. The molecule has 0 spiro atoms. The number of alkyl halides is 3. The van der Waals surface area contributed by atoms with E-state index in [0.29, 0.717) is 25.3 Å². The summed E-state index contributed by atoms with van der Waals surface area (Å²) in [6, 6.07) is 9.36. The molecule has 0 unspecified atom stereocenters. The number of benzene rings is 1. The van der Waals surface area contributed by atoms with Gasteiger partial charge in [-0.15, -0.1) is 0 Å². The molecule has 5 N–H and O–H groups in total. The number of hydrogen-bond donors (Lipinski definition) is 3. The third-order valence-electron chi connectivity index (χ3n) is 4.09. The first-order valence-corrected chi connectivity index (χ1v) is 8.03. The van der Waals surface area contributed by atoms with Crippen molar-refractivity contribution in [3.05, 3.63) is 35.9 Å². The van der Waals surface area contributed by atoms with Crippen LogP contribution in [0.1, 0.15) is 12.0 Å². The van der Waals surface area contributed by atoms with E-state index in [1.165, 1.54) is 0 Å². The van der Waals surface area contributed by atoms with Crippen LogP contribution in [-0.2, 0) is 20.9 Å². The molecule has 1 saturated heterocycles. The van der Waals surface area contributed by atoms with Gasteiger partial charge < -0.3 is 21.5 Å². The van der Waals surface area contributed by atoms with Crippen LogP contribution in [-0.4, -0.2) is 45.5 Å². The van der Waals surface area contributed by atoms with Gasteiger partial charge in [0.1, 0.15) is 11.7 Å². The summed E-state index contributed by atoms with van der Waals surface area (Å²) >= 11 is 0. The Morgan fingerprint density at radius 1 is 1.25 bits per heavy atom. The number of carboxylic acids is 1. The Balaban J connectivity index is 0.000000345. The van der Waals surface area contributed by atoms with Crippen molar-refractivity contribution in [3.8, 4) is 0 Å². The highest BCUT2D eigenvalue weighted by Crippen LogP contribution is 2.24. The number of nitrogens with zero attached hydrogens (tertiary/aromatic N) is 2. The molecule has 1 aromatic carbocycles. The normalized spacial score (nSPS) is 16.6. The largest absolute Gasteiger partial charge is 0.490 e. The first kappa shape index (κ1) is 20.9. The average Bonchev–Trinajstić information content (AvgIpc) is 2.95. The van der Waals surface area contributed by atoms with Crippen LogP contribution in [0.25, 0.3) is 10.9 Å². The lowest BCUT2D eigenvalue weighted by molar-refractivity contribution is -0.192. The Labute approximate surface area is 156 Å². The molecule has 150 valence electrons.